The van der Waals surface area contributed by atoms with E-state index in [2.05, 4.69) is 5.32 Å². The molecule has 0 aromatic rings. The van der Waals surface area contributed by atoms with Crippen LogP contribution in [-0.2, 0) is 19.1 Å². The van der Waals surface area contributed by atoms with Gasteiger partial charge in [0.25, 0.3) is 0 Å². The van der Waals surface area contributed by atoms with Crippen molar-refractivity contribution in [3.63, 3.8) is 0 Å². The fourth-order valence-electron chi connectivity index (χ4n) is 2.35. The Balaban J connectivity index is 0.00000484. The summed E-state index contributed by atoms with van der Waals surface area (Å²) >= 11 is 0. The second kappa shape index (κ2) is 10.9. The molecule has 23 heavy (non-hydrogen) atoms. The van der Waals surface area contributed by atoms with Crippen LogP contribution in [0.2, 0.25) is 0 Å². The summed E-state index contributed by atoms with van der Waals surface area (Å²) in [5, 5.41) is 13.4. The monoisotopic (exact) mass is 337 g/mol. The third kappa shape index (κ3) is 8.58. The van der Waals surface area contributed by atoms with Crippen LogP contribution in [0, 0.1) is 17.8 Å². The fourth-order valence-corrected chi connectivity index (χ4v) is 2.35. The minimum atomic E-state index is -0.994. The number of alkyl carbamates (subject to hydrolysis) is 1. The minimum Gasteiger partial charge on any atom is -0.550 e. The summed E-state index contributed by atoms with van der Waals surface area (Å²) in [5.74, 6) is -1.85. The van der Waals surface area contributed by atoms with Crippen LogP contribution in [0.15, 0.2) is 0 Å². The zero-order valence-electron chi connectivity index (χ0n) is 14.3. The Hall–Kier alpha value is -0.790. The maximum atomic E-state index is 11.6. The number of carbonyl (C=O) groups excluding carboxylic acids is 3. The molecule has 126 valence electrons. The van der Waals surface area contributed by atoms with Crippen molar-refractivity contribution in [3.05, 3.63) is 0 Å². The van der Waals surface area contributed by atoms with Gasteiger partial charge in [-0.15, -0.1) is 0 Å². The standard InChI is InChI=1S/C15H25NO6.Na/c1-9(2)14(19)21-10(3)22-15(20)16-8-11-4-6-12(7-5-11)13(17)18;/h9-12H,4-8H2,1-3H3,(H,16,20)(H,17,18);/q;+1/p-1/t10?,11-,12-;. The summed E-state index contributed by atoms with van der Waals surface area (Å²) in [6.45, 7) is 5.28. The van der Waals surface area contributed by atoms with Crippen molar-refractivity contribution in [1.29, 1.82) is 0 Å². The van der Waals surface area contributed by atoms with Gasteiger partial charge in [-0.1, -0.05) is 13.8 Å². The normalized spacial score (nSPS) is 21.7. The van der Waals surface area contributed by atoms with E-state index in [1.807, 2.05) is 0 Å². The number of ether oxygens (including phenoxy) is 2. The van der Waals surface area contributed by atoms with Gasteiger partial charge >= 0.3 is 41.6 Å². The Morgan fingerprint density at radius 1 is 1.09 bits per heavy atom. The summed E-state index contributed by atoms with van der Waals surface area (Å²) in [7, 11) is 0. The zero-order chi connectivity index (χ0) is 16.7. The molecule has 8 heteroatoms. The van der Waals surface area contributed by atoms with Gasteiger partial charge in [0.05, 0.1) is 5.92 Å². The van der Waals surface area contributed by atoms with Crippen molar-refractivity contribution in [1.82, 2.24) is 5.32 Å². The third-order valence-corrected chi connectivity index (χ3v) is 3.74. The van der Waals surface area contributed by atoms with Crippen LogP contribution in [0.5, 0.6) is 0 Å². The average molecular weight is 337 g/mol. The largest absolute Gasteiger partial charge is 1.00 e. The van der Waals surface area contributed by atoms with Crippen LogP contribution in [0.1, 0.15) is 46.5 Å². The number of esters is 1. The number of amides is 1. The fraction of sp³-hybridized carbons (Fsp3) is 0.800. The van der Waals surface area contributed by atoms with Gasteiger partial charge in [0, 0.05) is 19.4 Å². The molecule has 0 heterocycles. The molecule has 1 aliphatic rings. The predicted molar refractivity (Wildman–Crippen MR) is 75.3 cm³/mol. The maximum absolute atomic E-state index is 11.6. The first kappa shape index (κ1) is 22.2. The van der Waals surface area contributed by atoms with Gasteiger partial charge in [0.15, 0.2) is 0 Å². The first-order valence-electron chi connectivity index (χ1n) is 7.65. The average Bonchev–Trinajstić information content (AvgIpc) is 2.45. The summed E-state index contributed by atoms with van der Waals surface area (Å²) in [5.41, 5.74) is 0. The number of hydrogen-bond acceptors (Lipinski definition) is 6. The van der Waals surface area contributed by atoms with Gasteiger partial charge in [-0.2, -0.15) is 0 Å². The Kier molecular flexibility index (Phi) is 10.5. The molecule has 0 saturated heterocycles. The van der Waals surface area contributed by atoms with E-state index in [9.17, 15) is 19.5 Å². The first-order chi connectivity index (χ1) is 10.3. The summed E-state index contributed by atoms with van der Waals surface area (Å²) in [6, 6.07) is 0. The molecule has 0 bridgehead atoms. The van der Waals surface area contributed by atoms with E-state index in [0.717, 1.165) is 12.8 Å². The van der Waals surface area contributed by atoms with Gasteiger partial charge in [-0.05, 0) is 37.5 Å². The van der Waals surface area contributed by atoms with Crippen molar-refractivity contribution in [2.75, 3.05) is 6.54 Å². The summed E-state index contributed by atoms with van der Waals surface area (Å²) in [4.78, 5) is 33.7. The molecule has 1 unspecified atom stereocenters. The Morgan fingerprint density at radius 3 is 2.13 bits per heavy atom. The van der Waals surface area contributed by atoms with Crippen molar-refractivity contribution in [3.8, 4) is 0 Å². The second-order valence-corrected chi connectivity index (χ2v) is 5.98. The number of aliphatic carboxylic acids is 1. The van der Waals surface area contributed by atoms with Gasteiger partial charge in [-0.3, -0.25) is 4.79 Å². The third-order valence-electron chi connectivity index (χ3n) is 3.74. The predicted octanol–water partition coefficient (Wildman–Crippen LogP) is -2.18. The number of carbonyl (C=O) groups is 3. The smallest absolute Gasteiger partial charge is 0.550 e. The van der Waals surface area contributed by atoms with Crippen LogP contribution >= 0.6 is 0 Å². The number of hydrogen-bond donors (Lipinski definition) is 1. The van der Waals surface area contributed by atoms with E-state index in [1.54, 1.807) is 13.8 Å². The molecule has 0 aromatic heterocycles. The van der Waals surface area contributed by atoms with Gasteiger partial charge in [0.1, 0.15) is 0 Å². The molecule has 1 atom stereocenters. The molecule has 0 radical (unpaired) electrons. The number of carboxylic acids is 1. The molecule has 1 fully saturated rings. The maximum Gasteiger partial charge on any atom is 1.00 e. The molecule has 7 nitrogen and oxygen atoms in total. The summed E-state index contributed by atoms with van der Waals surface area (Å²) in [6.07, 6.45) is 1.03. The van der Waals surface area contributed by atoms with E-state index in [1.165, 1.54) is 6.92 Å². The van der Waals surface area contributed by atoms with E-state index in [0.29, 0.717) is 19.4 Å². The number of rotatable bonds is 6. The van der Waals surface area contributed by atoms with Crippen LogP contribution in [0.3, 0.4) is 0 Å². The van der Waals surface area contributed by atoms with Gasteiger partial charge in [0.2, 0.25) is 6.29 Å². The molecular formula is C15H24NNaO6. The molecule has 1 amide bonds. The van der Waals surface area contributed by atoms with Crippen LogP contribution in [0.4, 0.5) is 4.79 Å². The molecule has 1 N–H and O–H groups in total. The van der Waals surface area contributed by atoms with Gasteiger partial charge in [-0.25, -0.2) is 4.79 Å². The Morgan fingerprint density at radius 2 is 1.65 bits per heavy atom. The molecule has 0 aliphatic heterocycles. The van der Waals surface area contributed by atoms with Crippen LogP contribution in [-0.4, -0.2) is 30.9 Å². The second-order valence-electron chi connectivity index (χ2n) is 5.98. The zero-order valence-corrected chi connectivity index (χ0v) is 16.3. The quantitative estimate of drug-likeness (QED) is 0.336. The molecule has 1 rings (SSSR count). The van der Waals surface area contributed by atoms with Crippen molar-refractivity contribution < 1.29 is 58.5 Å². The van der Waals surface area contributed by atoms with Crippen LogP contribution in [0.25, 0.3) is 0 Å². The van der Waals surface area contributed by atoms with E-state index in [4.69, 9.17) is 9.47 Å². The van der Waals surface area contributed by atoms with Crippen molar-refractivity contribution >= 4 is 18.0 Å². The molecular weight excluding hydrogens is 313 g/mol. The van der Waals surface area contributed by atoms with Crippen molar-refractivity contribution in [2.24, 2.45) is 17.8 Å². The SMILES string of the molecule is CC(OC(=O)NC[C@H]1CC[C@H](C(=O)[O-])CC1)OC(=O)C(C)C.[Na+]. The molecule has 1 aliphatic carbocycles. The van der Waals surface area contributed by atoms with E-state index < -0.39 is 24.3 Å². The molecule has 0 aromatic carbocycles. The molecule has 0 spiro atoms. The van der Waals surface area contributed by atoms with Crippen LogP contribution < -0.4 is 40.0 Å². The van der Waals surface area contributed by atoms with Gasteiger partial charge < -0.3 is 24.7 Å². The van der Waals surface area contributed by atoms with Crippen molar-refractivity contribution in [2.45, 2.75) is 52.7 Å². The Bertz CT molecular complexity index is 407. The topological polar surface area (TPSA) is 105 Å². The first-order valence-corrected chi connectivity index (χ1v) is 7.65. The summed E-state index contributed by atoms with van der Waals surface area (Å²) < 4.78 is 9.84. The molecule has 1 saturated carbocycles. The Labute approximate surface area is 158 Å². The van der Waals surface area contributed by atoms with E-state index in [-0.39, 0.29) is 47.3 Å². The van der Waals surface area contributed by atoms with E-state index >= 15 is 0 Å². The number of nitrogens with one attached hydrogen (secondary N) is 1. The minimum absolute atomic E-state index is 0. The number of carboxylic acid groups (broad SMARTS) is 1.